The fraction of sp³-hybridized carbons (Fsp3) is 0.333. The molecular weight excluding hydrogens is 340 g/mol. The number of likely N-dealkylation sites (tertiary alicyclic amines) is 1. The third kappa shape index (κ3) is 3.45. The topological polar surface area (TPSA) is 67.9 Å². The zero-order valence-corrected chi connectivity index (χ0v) is 14.0. The Morgan fingerprint density at radius 2 is 2.12 bits per heavy atom. The molecule has 6 nitrogen and oxygen atoms in total. The summed E-state index contributed by atoms with van der Waals surface area (Å²) >= 11 is 0. The quantitative estimate of drug-likeness (QED) is 0.712. The van der Waals surface area contributed by atoms with Gasteiger partial charge in [-0.05, 0) is 37.6 Å². The first-order chi connectivity index (χ1) is 12.7. The largest absolute Gasteiger partial charge is 0.337 e. The van der Waals surface area contributed by atoms with Crippen LogP contribution in [-0.4, -0.2) is 31.6 Å². The molecule has 0 radical (unpaired) electrons. The molecule has 8 heteroatoms. The van der Waals surface area contributed by atoms with Gasteiger partial charge in [0.25, 0.3) is 0 Å². The molecule has 1 aromatic carbocycles. The fourth-order valence-electron chi connectivity index (χ4n) is 3.23. The van der Waals surface area contributed by atoms with Gasteiger partial charge in [0.15, 0.2) is 0 Å². The molecule has 26 heavy (non-hydrogen) atoms. The van der Waals surface area contributed by atoms with E-state index in [0.29, 0.717) is 23.0 Å². The van der Waals surface area contributed by atoms with Crippen LogP contribution < -0.4 is 0 Å². The lowest BCUT2D eigenvalue weighted by Crippen LogP contribution is -2.33. The lowest BCUT2D eigenvalue weighted by atomic mass is 10.0. The molecule has 0 bridgehead atoms. The maximum atomic E-state index is 14.0. The Morgan fingerprint density at radius 3 is 2.96 bits per heavy atom. The van der Waals surface area contributed by atoms with Gasteiger partial charge in [-0.1, -0.05) is 11.6 Å². The number of aromatic nitrogens is 4. The van der Waals surface area contributed by atoms with Crippen molar-refractivity contribution < 1.29 is 13.3 Å². The van der Waals surface area contributed by atoms with Crippen LogP contribution in [0.5, 0.6) is 0 Å². The second kappa shape index (κ2) is 7.25. The third-order valence-electron chi connectivity index (χ3n) is 4.51. The van der Waals surface area contributed by atoms with E-state index in [9.17, 15) is 8.78 Å². The normalized spacial score (nSPS) is 18.2. The van der Waals surface area contributed by atoms with E-state index in [-0.39, 0.29) is 12.6 Å². The van der Waals surface area contributed by atoms with Crippen molar-refractivity contribution in [2.45, 2.75) is 31.8 Å². The maximum absolute atomic E-state index is 14.0. The summed E-state index contributed by atoms with van der Waals surface area (Å²) in [4.78, 5) is 14.7. The predicted octanol–water partition coefficient (Wildman–Crippen LogP) is 3.53. The Balaban J connectivity index is 1.58. The van der Waals surface area contributed by atoms with Crippen molar-refractivity contribution in [3.8, 4) is 11.5 Å². The number of hydrogen-bond donors (Lipinski definition) is 0. The molecule has 0 N–H and O–H groups in total. The van der Waals surface area contributed by atoms with E-state index in [1.54, 1.807) is 18.6 Å². The molecule has 2 aromatic heterocycles. The smallest absolute Gasteiger partial charge is 0.244 e. The molecule has 1 unspecified atom stereocenters. The van der Waals surface area contributed by atoms with Crippen LogP contribution in [0.3, 0.4) is 0 Å². The standard InChI is InChI=1S/C18H17F2N5O/c19-13-4-5-14(20)12(9-13)11-25-8-2-1-3-16(25)18-23-17(24-26-18)15-10-21-6-7-22-15/h4-7,9-10,16H,1-3,8,11H2. The van der Waals surface area contributed by atoms with Crippen LogP contribution in [0, 0.1) is 11.6 Å². The van der Waals surface area contributed by atoms with Gasteiger partial charge in [-0.3, -0.25) is 9.88 Å². The Kier molecular flexibility index (Phi) is 4.66. The van der Waals surface area contributed by atoms with Crippen molar-refractivity contribution >= 4 is 0 Å². The second-order valence-electron chi connectivity index (χ2n) is 6.26. The van der Waals surface area contributed by atoms with Gasteiger partial charge in [-0.2, -0.15) is 4.98 Å². The molecule has 0 amide bonds. The van der Waals surface area contributed by atoms with Gasteiger partial charge in [-0.25, -0.2) is 13.8 Å². The van der Waals surface area contributed by atoms with E-state index in [1.807, 2.05) is 0 Å². The minimum atomic E-state index is -0.447. The monoisotopic (exact) mass is 357 g/mol. The van der Waals surface area contributed by atoms with Crippen molar-refractivity contribution in [2.24, 2.45) is 0 Å². The Morgan fingerprint density at radius 1 is 1.19 bits per heavy atom. The summed E-state index contributed by atoms with van der Waals surface area (Å²) in [5.74, 6) is -0.0306. The van der Waals surface area contributed by atoms with E-state index in [1.165, 1.54) is 6.07 Å². The van der Waals surface area contributed by atoms with Crippen molar-refractivity contribution in [3.63, 3.8) is 0 Å². The molecule has 1 aliphatic rings. The molecule has 1 aliphatic heterocycles. The van der Waals surface area contributed by atoms with Crippen LogP contribution in [0.2, 0.25) is 0 Å². The van der Waals surface area contributed by atoms with Gasteiger partial charge < -0.3 is 4.52 Å². The van der Waals surface area contributed by atoms with E-state index in [4.69, 9.17) is 4.52 Å². The van der Waals surface area contributed by atoms with Gasteiger partial charge in [0.05, 0.1) is 12.2 Å². The van der Waals surface area contributed by atoms with Crippen LogP contribution in [0.15, 0.2) is 41.3 Å². The summed E-state index contributed by atoms with van der Waals surface area (Å²) in [7, 11) is 0. The first kappa shape index (κ1) is 16.7. The molecule has 0 spiro atoms. The summed E-state index contributed by atoms with van der Waals surface area (Å²) in [5, 5.41) is 3.99. The van der Waals surface area contributed by atoms with E-state index in [2.05, 4.69) is 25.0 Å². The molecule has 1 saturated heterocycles. The average Bonchev–Trinajstić information content (AvgIpc) is 3.16. The zero-order valence-electron chi connectivity index (χ0n) is 14.0. The molecule has 3 aromatic rings. The summed E-state index contributed by atoms with van der Waals surface area (Å²) < 4.78 is 32.9. The molecule has 1 fully saturated rings. The predicted molar refractivity (Wildman–Crippen MR) is 88.7 cm³/mol. The van der Waals surface area contributed by atoms with Crippen molar-refractivity contribution in [1.29, 1.82) is 0 Å². The molecule has 134 valence electrons. The van der Waals surface area contributed by atoms with Gasteiger partial charge in [0.1, 0.15) is 17.3 Å². The lowest BCUT2D eigenvalue weighted by Gasteiger charge is -2.33. The number of hydrogen-bond acceptors (Lipinski definition) is 6. The highest BCUT2D eigenvalue weighted by molar-refractivity contribution is 5.45. The van der Waals surface area contributed by atoms with Crippen LogP contribution in [0.25, 0.3) is 11.5 Å². The van der Waals surface area contributed by atoms with Gasteiger partial charge >= 0.3 is 0 Å². The van der Waals surface area contributed by atoms with E-state index >= 15 is 0 Å². The van der Waals surface area contributed by atoms with Crippen LogP contribution in [0.1, 0.15) is 36.8 Å². The zero-order chi connectivity index (χ0) is 17.9. The minimum absolute atomic E-state index is 0.135. The fourth-order valence-corrected chi connectivity index (χ4v) is 3.23. The first-order valence-electron chi connectivity index (χ1n) is 8.48. The van der Waals surface area contributed by atoms with Gasteiger partial charge in [0, 0.05) is 24.5 Å². The Bertz CT molecular complexity index is 886. The summed E-state index contributed by atoms with van der Waals surface area (Å²) in [6, 6.07) is 3.38. The molecule has 0 saturated carbocycles. The minimum Gasteiger partial charge on any atom is -0.337 e. The number of nitrogens with zero attached hydrogens (tertiary/aromatic N) is 5. The van der Waals surface area contributed by atoms with Crippen LogP contribution >= 0.6 is 0 Å². The van der Waals surface area contributed by atoms with Crippen LogP contribution in [0.4, 0.5) is 8.78 Å². The SMILES string of the molecule is Fc1ccc(F)c(CN2CCCCC2c2nc(-c3cnccn3)no2)c1. The molecular formula is C18H17F2N5O. The Labute approximate surface area is 148 Å². The number of rotatable bonds is 4. The average molecular weight is 357 g/mol. The number of piperidine rings is 1. The summed E-state index contributed by atoms with van der Waals surface area (Å²) in [6.07, 6.45) is 7.51. The maximum Gasteiger partial charge on any atom is 0.244 e. The van der Waals surface area contributed by atoms with Crippen molar-refractivity contribution in [2.75, 3.05) is 6.54 Å². The number of benzene rings is 1. The highest BCUT2D eigenvalue weighted by Gasteiger charge is 2.29. The van der Waals surface area contributed by atoms with Crippen LogP contribution in [-0.2, 0) is 6.54 Å². The second-order valence-corrected chi connectivity index (χ2v) is 6.26. The first-order valence-corrected chi connectivity index (χ1v) is 8.48. The summed E-state index contributed by atoms with van der Waals surface area (Å²) in [5.41, 5.74) is 0.853. The highest BCUT2D eigenvalue weighted by atomic mass is 19.1. The highest BCUT2D eigenvalue weighted by Crippen LogP contribution is 2.32. The van der Waals surface area contributed by atoms with Gasteiger partial charge in [0.2, 0.25) is 11.7 Å². The number of halogens is 2. The molecule has 4 rings (SSSR count). The summed E-state index contributed by atoms with van der Waals surface area (Å²) in [6.45, 7) is 1.04. The van der Waals surface area contributed by atoms with E-state index in [0.717, 1.165) is 37.9 Å². The third-order valence-corrected chi connectivity index (χ3v) is 4.51. The van der Waals surface area contributed by atoms with E-state index < -0.39 is 11.6 Å². The molecule has 0 aliphatic carbocycles. The molecule has 1 atom stereocenters. The van der Waals surface area contributed by atoms with Crippen molar-refractivity contribution in [3.05, 3.63) is 59.9 Å². The Hall–Kier alpha value is -2.74. The van der Waals surface area contributed by atoms with Crippen molar-refractivity contribution in [1.82, 2.24) is 25.0 Å². The lowest BCUT2D eigenvalue weighted by molar-refractivity contribution is 0.110. The molecule has 3 heterocycles. The van der Waals surface area contributed by atoms with Gasteiger partial charge in [-0.15, -0.1) is 0 Å².